The average molecular weight is 711 g/mol. The maximum Gasteiger partial charge on any atom is 0.239 e. The van der Waals surface area contributed by atoms with Crippen LogP contribution >= 0.6 is 0 Å². The number of ether oxygens (including phenoxy) is 6. The molecule has 1 aromatic heterocycles. The number of hydrogen-bond donors (Lipinski definition) is 10. The standard InChI is InChI=1S/C32H38O18/c1-10-19(36)22(39)25(42)31(45-10)47-14-7-15(34)18-17(8-14)48-28(12-3-5-13(33)6-4-12)29(21(18)38)50-32-26(43)23(40)27(11(2)46-32)49-30-24(41)20(37)16(35)9-44-30/h3-8,10-11,16,19-20,22-27,30-37,39-43H,9H2,1-2H3/t10-,11-,16+,19-,20-,22+,23+,24+,25+,26-,27-,30?,31+,32-/m0/s1. The lowest BCUT2D eigenvalue weighted by atomic mass is 9.99. The SMILES string of the molecule is C[C@@H]1O[C@H](Oc2cc(O)c3c(=O)c(O[C@@H]4O[C@@H](C)[C@H](OC5OC[C@@H](O)[C@H](O)[C@H]5O)[C@H](O)[C@@H]4O)c(-c4ccc(O)cc4)oc3c2)[C@H](O)[C@H](O)[C@H]1O. The van der Waals surface area contributed by atoms with Crippen LogP contribution in [0.3, 0.4) is 0 Å². The molecule has 2 aromatic carbocycles. The Kier molecular flexibility index (Phi) is 10.3. The molecule has 18 heteroatoms. The Morgan fingerprint density at radius 2 is 1.32 bits per heavy atom. The van der Waals surface area contributed by atoms with E-state index in [1.165, 1.54) is 44.2 Å². The zero-order chi connectivity index (χ0) is 36.2. The Morgan fingerprint density at radius 1 is 0.700 bits per heavy atom. The van der Waals surface area contributed by atoms with Gasteiger partial charge in [0.2, 0.25) is 23.8 Å². The molecule has 3 aromatic rings. The zero-order valence-corrected chi connectivity index (χ0v) is 26.5. The molecule has 3 aliphatic heterocycles. The molecule has 1 unspecified atom stereocenters. The fourth-order valence-electron chi connectivity index (χ4n) is 5.94. The minimum absolute atomic E-state index is 0.122. The van der Waals surface area contributed by atoms with Crippen LogP contribution in [0.2, 0.25) is 0 Å². The van der Waals surface area contributed by atoms with E-state index in [9.17, 15) is 55.9 Å². The lowest BCUT2D eigenvalue weighted by Gasteiger charge is -2.44. The van der Waals surface area contributed by atoms with Crippen molar-refractivity contribution >= 4 is 11.0 Å². The van der Waals surface area contributed by atoms with Crippen molar-refractivity contribution < 1.29 is 83.9 Å². The van der Waals surface area contributed by atoms with Crippen molar-refractivity contribution in [1.82, 2.24) is 0 Å². The molecule has 0 saturated carbocycles. The van der Waals surface area contributed by atoms with Gasteiger partial charge in [-0.2, -0.15) is 0 Å². The van der Waals surface area contributed by atoms with Gasteiger partial charge in [-0.1, -0.05) is 0 Å². The Bertz CT molecular complexity index is 1710. The summed E-state index contributed by atoms with van der Waals surface area (Å²) in [5, 5.41) is 103. The maximum atomic E-state index is 14.0. The van der Waals surface area contributed by atoms with Crippen molar-refractivity contribution in [1.29, 1.82) is 0 Å². The van der Waals surface area contributed by atoms with Crippen molar-refractivity contribution in [3.8, 4) is 34.3 Å². The molecular formula is C32H38O18. The first-order valence-corrected chi connectivity index (χ1v) is 15.6. The number of rotatable bonds is 7. The van der Waals surface area contributed by atoms with Crippen molar-refractivity contribution in [3.63, 3.8) is 0 Å². The summed E-state index contributed by atoms with van der Waals surface area (Å²) in [6.07, 6.45) is -21.1. The van der Waals surface area contributed by atoms with Crippen LogP contribution in [0.4, 0.5) is 0 Å². The normalized spacial score (nSPS) is 37.8. The van der Waals surface area contributed by atoms with E-state index in [-0.39, 0.29) is 35.0 Å². The average Bonchev–Trinajstić information content (AvgIpc) is 3.08. The molecule has 4 heterocycles. The van der Waals surface area contributed by atoms with Gasteiger partial charge in [-0.3, -0.25) is 4.79 Å². The molecule has 50 heavy (non-hydrogen) atoms. The first-order chi connectivity index (χ1) is 23.7. The van der Waals surface area contributed by atoms with E-state index in [0.29, 0.717) is 0 Å². The second-order valence-corrected chi connectivity index (χ2v) is 12.4. The summed E-state index contributed by atoms with van der Waals surface area (Å²) in [4.78, 5) is 14.0. The molecule has 0 spiro atoms. The van der Waals surface area contributed by atoms with Crippen molar-refractivity contribution in [2.75, 3.05) is 6.61 Å². The predicted molar refractivity (Wildman–Crippen MR) is 164 cm³/mol. The third-order valence-corrected chi connectivity index (χ3v) is 8.85. The van der Waals surface area contributed by atoms with E-state index in [1.807, 2.05) is 0 Å². The number of fused-ring (bicyclic) bond motifs is 1. The van der Waals surface area contributed by atoms with E-state index in [1.54, 1.807) is 0 Å². The van der Waals surface area contributed by atoms with Crippen LogP contribution in [0.1, 0.15) is 13.8 Å². The quantitative estimate of drug-likeness (QED) is 0.124. The highest BCUT2D eigenvalue weighted by molar-refractivity contribution is 5.88. The summed E-state index contributed by atoms with van der Waals surface area (Å²) in [6.45, 7) is 2.50. The predicted octanol–water partition coefficient (Wildman–Crippen LogP) is -2.25. The lowest BCUT2D eigenvalue weighted by Crippen LogP contribution is -2.62. The molecule has 3 fully saturated rings. The molecule has 0 amide bonds. The van der Waals surface area contributed by atoms with Gasteiger partial charge in [-0.05, 0) is 38.1 Å². The first-order valence-electron chi connectivity index (χ1n) is 15.6. The van der Waals surface area contributed by atoms with Crippen molar-refractivity contribution in [2.45, 2.75) is 99.9 Å². The second kappa shape index (κ2) is 14.2. The summed E-state index contributed by atoms with van der Waals surface area (Å²) >= 11 is 0. The summed E-state index contributed by atoms with van der Waals surface area (Å²) in [5.41, 5.74) is -1.02. The van der Waals surface area contributed by atoms with E-state index >= 15 is 0 Å². The molecule has 274 valence electrons. The highest BCUT2D eigenvalue weighted by Gasteiger charge is 2.49. The molecular weight excluding hydrogens is 672 g/mol. The highest BCUT2D eigenvalue weighted by atomic mass is 16.7. The molecule has 0 bridgehead atoms. The third kappa shape index (κ3) is 6.73. The number of benzene rings is 2. The second-order valence-electron chi connectivity index (χ2n) is 12.4. The molecule has 14 atom stereocenters. The van der Waals surface area contributed by atoms with Crippen LogP contribution in [0.15, 0.2) is 45.6 Å². The summed E-state index contributed by atoms with van der Waals surface area (Å²) in [7, 11) is 0. The smallest absolute Gasteiger partial charge is 0.239 e. The van der Waals surface area contributed by atoms with Crippen LogP contribution < -0.4 is 14.9 Å². The number of aliphatic hydroxyl groups excluding tert-OH is 8. The van der Waals surface area contributed by atoms with E-state index < -0.39 is 108 Å². The van der Waals surface area contributed by atoms with Gasteiger partial charge >= 0.3 is 0 Å². The van der Waals surface area contributed by atoms with Crippen molar-refractivity contribution in [3.05, 3.63) is 46.6 Å². The van der Waals surface area contributed by atoms with Crippen molar-refractivity contribution in [2.24, 2.45) is 0 Å². The molecule has 3 aliphatic rings. The minimum Gasteiger partial charge on any atom is -0.508 e. The van der Waals surface area contributed by atoms with Crippen LogP contribution in [0, 0.1) is 0 Å². The third-order valence-electron chi connectivity index (χ3n) is 8.85. The summed E-state index contributed by atoms with van der Waals surface area (Å²) in [6, 6.07) is 7.56. The molecule has 0 radical (unpaired) electrons. The van der Waals surface area contributed by atoms with Gasteiger partial charge in [-0.25, -0.2) is 0 Å². The number of aliphatic hydroxyl groups is 8. The number of phenols is 2. The number of aromatic hydroxyl groups is 2. The van der Waals surface area contributed by atoms with Crippen LogP contribution in [0.25, 0.3) is 22.3 Å². The fraction of sp³-hybridized carbons (Fsp3) is 0.531. The Hall–Kier alpha value is -3.63. The van der Waals surface area contributed by atoms with Gasteiger partial charge < -0.3 is 83.9 Å². The van der Waals surface area contributed by atoms with Crippen LogP contribution in [0.5, 0.6) is 23.0 Å². The summed E-state index contributed by atoms with van der Waals surface area (Å²) < 4.78 is 39.6. The van der Waals surface area contributed by atoms with Gasteiger partial charge in [0.1, 0.15) is 83.2 Å². The molecule has 10 N–H and O–H groups in total. The molecule has 6 rings (SSSR count). The van der Waals surface area contributed by atoms with Crippen LogP contribution in [-0.2, 0) is 18.9 Å². The Labute approximate surface area is 282 Å². The van der Waals surface area contributed by atoms with Crippen LogP contribution in [-0.4, -0.2) is 144 Å². The zero-order valence-electron chi connectivity index (χ0n) is 26.5. The minimum atomic E-state index is -1.89. The van der Waals surface area contributed by atoms with Gasteiger partial charge in [0.05, 0.1) is 18.8 Å². The molecule has 3 saturated heterocycles. The van der Waals surface area contributed by atoms with Gasteiger partial charge in [0, 0.05) is 17.7 Å². The fourth-order valence-corrected chi connectivity index (χ4v) is 5.94. The van der Waals surface area contributed by atoms with E-state index in [4.69, 9.17) is 32.8 Å². The lowest BCUT2D eigenvalue weighted by molar-refractivity contribution is -0.334. The first kappa shape index (κ1) is 36.2. The topological polar surface area (TPSA) is 288 Å². The monoisotopic (exact) mass is 710 g/mol. The number of hydrogen-bond acceptors (Lipinski definition) is 18. The Balaban J connectivity index is 1.31. The highest BCUT2D eigenvalue weighted by Crippen LogP contribution is 2.39. The Morgan fingerprint density at radius 3 is 2.02 bits per heavy atom. The maximum absolute atomic E-state index is 14.0. The van der Waals surface area contributed by atoms with E-state index in [2.05, 4.69) is 0 Å². The molecule has 18 nitrogen and oxygen atoms in total. The van der Waals surface area contributed by atoms with E-state index in [0.717, 1.165) is 6.07 Å². The number of phenolic OH excluding ortho intramolecular Hbond substituents is 2. The molecule has 0 aliphatic carbocycles. The largest absolute Gasteiger partial charge is 0.508 e. The summed E-state index contributed by atoms with van der Waals surface area (Å²) in [5.74, 6) is -1.79. The van der Waals surface area contributed by atoms with Gasteiger partial charge in [0.15, 0.2) is 12.1 Å². The van der Waals surface area contributed by atoms with Gasteiger partial charge in [-0.15, -0.1) is 0 Å². The van der Waals surface area contributed by atoms with Gasteiger partial charge in [0.25, 0.3) is 0 Å².